The molecule has 2 rings (SSSR count). The van der Waals surface area contributed by atoms with Crippen LogP contribution in [-0.2, 0) is 10.0 Å². The zero-order valence-corrected chi connectivity index (χ0v) is 11.0. The number of hydrogen-bond donors (Lipinski definition) is 2. The Kier molecular flexibility index (Phi) is 3.27. The van der Waals surface area contributed by atoms with Crippen LogP contribution in [0.15, 0.2) is 34.5 Å². The average Bonchev–Trinajstić information content (AvgIpc) is 2.70. The highest BCUT2D eigenvalue weighted by Crippen LogP contribution is 2.28. The summed E-state index contributed by atoms with van der Waals surface area (Å²) in [6.45, 7) is 1.79. The predicted octanol–water partition coefficient (Wildman–Crippen LogP) is 2.70. The molecule has 0 spiro atoms. The van der Waals surface area contributed by atoms with Crippen molar-refractivity contribution in [2.24, 2.45) is 0 Å². The summed E-state index contributed by atoms with van der Waals surface area (Å²) in [5, 5.41) is 9.44. The summed E-state index contributed by atoms with van der Waals surface area (Å²) in [6, 6.07) is 6.24. The molecule has 7 heteroatoms. The first kappa shape index (κ1) is 12.8. The van der Waals surface area contributed by atoms with Gasteiger partial charge in [0.2, 0.25) is 0 Å². The van der Waals surface area contributed by atoms with E-state index in [-0.39, 0.29) is 9.90 Å². The molecule has 18 heavy (non-hydrogen) atoms. The Morgan fingerprint density at radius 3 is 2.56 bits per heavy atom. The van der Waals surface area contributed by atoms with Crippen molar-refractivity contribution in [3.8, 4) is 5.75 Å². The molecule has 0 aliphatic heterocycles. The van der Waals surface area contributed by atoms with Crippen molar-refractivity contribution in [3.05, 3.63) is 41.0 Å². The smallest absolute Gasteiger partial charge is 0.271 e. The number of phenols is 1. The molecular formula is C11H10FNO3S2. The summed E-state index contributed by atoms with van der Waals surface area (Å²) in [6.07, 6.45) is 0. The number of thiophene rings is 1. The van der Waals surface area contributed by atoms with E-state index >= 15 is 0 Å². The van der Waals surface area contributed by atoms with Gasteiger partial charge >= 0.3 is 0 Å². The van der Waals surface area contributed by atoms with Gasteiger partial charge in [-0.15, -0.1) is 11.3 Å². The van der Waals surface area contributed by atoms with Gasteiger partial charge in [-0.3, -0.25) is 4.72 Å². The van der Waals surface area contributed by atoms with Crippen LogP contribution in [0.3, 0.4) is 0 Å². The predicted molar refractivity (Wildman–Crippen MR) is 67.9 cm³/mol. The number of phenolic OH excluding ortho intramolecular Hbond substituents is 1. The van der Waals surface area contributed by atoms with Gasteiger partial charge in [0.15, 0.2) is 0 Å². The average molecular weight is 287 g/mol. The number of aryl methyl sites for hydroxylation is 1. The normalized spacial score (nSPS) is 11.4. The minimum Gasteiger partial charge on any atom is -0.506 e. The van der Waals surface area contributed by atoms with Gasteiger partial charge in [-0.25, -0.2) is 12.8 Å². The van der Waals surface area contributed by atoms with Gasteiger partial charge in [0.1, 0.15) is 15.8 Å². The van der Waals surface area contributed by atoms with Gasteiger partial charge in [0, 0.05) is 10.9 Å². The molecule has 4 nitrogen and oxygen atoms in total. The Morgan fingerprint density at radius 1 is 1.28 bits per heavy atom. The number of rotatable bonds is 3. The summed E-state index contributed by atoms with van der Waals surface area (Å²) < 4.78 is 39.0. The Balaban J connectivity index is 2.33. The molecule has 0 amide bonds. The molecule has 0 saturated heterocycles. The summed E-state index contributed by atoms with van der Waals surface area (Å²) in [5.74, 6) is -1.09. The lowest BCUT2D eigenvalue weighted by Crippen LogP contribution is -2.11. The Hall–Kier alpha value is -1.60. The number of hydrogen-bond acceptors (Lipinski definition) is 4. The lowest BCUT2D eigenvalue weighted by Gasteiger charge is -2.07. The van der Waals surface area contributed by atoms with Crippen LogP contribution in [0.2, 0.25) is 0 Å². The van der Waals surface area contributed by atoms with E-state index in [1.54, 1.807) is 13.0 Å². The van der Waals surface area contributed by atoms with Crippen LogP contribution in [0.5, 0.6) is 5.75 Å². The second kappa shape index (κ2) is 4.58. The third-order valence-electron chi connectivity index (χ3n) is 2.18. The molecule has 0 fully saturated rings. The van der Waals surface area contributed by atoms with Crippen LogP contribution >= 0.6 is 11.3 Å². The fourth-order valence-corrected chi connectivity index (χ4v) is 3.70. The molecule has 0 radical (unpaired) electrons. The maximum atomic E-state index is 12.8. The number of nitrogens with one attached hydrogen (secondary N) is 1. The Morgan fingerprint density at radius 2 is 2.00 bits per heavy atom. The molecule has 0 saturated carbocycles. The highest BCUT2D eigenvalue weighted by Gasteiger charge is 2.18. The van der Waals surface area contributed by atoms with Crippen molar-refractivity contribution in [2.45, 2.75) is 11.1 Å². The maximum Gasteiger partial charge on any atom is 0.271 e. The third-order valence-corrected chi connectivity index (χ3v) is 5.04. The number of aromatic hydroxyl groups is 1. The molecular weight excluding hydrogens is 277 g/mol. The van der Waals surface area contributed by atoms with E-state index in [4.69, 9.17) is 0 Å². The van der Waals surface area contributed by atoms with Gasteiger partial charge < -0.3 is 5.11 Å². The second-order valence-electron chi connectivity index (χ2n) is 3.63. The molecule has 0 aliphatic carbocycles. The highest BCUT2D eigenvalue weighted by atomic mass is 32.2. The lowest BCUT2D eigenvalue weighted by atomic mass is 10.3. The Labute approximate surface area is 108 Å². The number of halogens is 1. The zero-order chi connectivity index (χ0) is 13.3. The minimum atomic E-state index is -3.74. The molecule has 2 N–H and O–H groups in total. The summed E-state index contributed by atoms with van der Waals surface area (Å²) >= 11 is 1.12. The first-order valence-electron chi connectivity index (χ1n) is 4.96. The number of sulfonamides is 1. The molecule has 1 aromatic heterocycles. The zero-order valence-electron chi connectivity index (χ0n) is 9.34. The van der Waals surface area contributed by atoms with E-state index < -0.39 is 21.6 Å². The first-order valence-corrected chi connectivity index (χ1v) is 7.26. The molecule has 2 aromatic rings. The minimum absolute atomic E-state index is 0.0533. The molecule has 0 bridgehead atoms. The third kappa shape index (κ3) is 2.62. The first-order chi connectivity index (χ1) is 8.38. The van der Waals surface area contributed by atoms with Crippen LogP contribution in [0.1, 0.15) is 4.88 Å². The second-order valence-corrected chi connectivity index (χ2v) is 6.83. The number of anilines is 1. The van der Waals surface area contributed by atoms with E-state index in [1.807, 2.05) is 0 Å². The van der Waals surface area contributed by atoms with Crippen LogP contribution in [0, 0.1) is 12.7 Å². The van der Waals surface area contributed by atoms with Crippen molar-refractivity contribution in [3.63, 3.8) is 0 Å². The van der Waals surface area contributed by atoms with Gasteiger partial charge in [-0.2, -0.15) is 0 Å². The molecule has 96 valence electrons. The standard InChI is InChI=1S/C11H10FNO3S2/c1-7-2-5-11(17-7)18(15,16)13-9-4-3-8(12)6-10(9)14/h2-6,13-14H,1H3. The fourth-order valence-electron chi connectivity index (χ4n) is 1.34. The van der Waals surface area contributed by atoms with E-state index in [1.165, 1.54) is 12.1 Å². The van der Waals surface area contributed by atoms with Gasteiger partial charge in [-0.1, -0.05) is 0 Å². The van der Waals surface area contributed by atoms with Gasteiger partial charge in [0.05, 0.1) is 5.69 Å². The van der Waals surface area contributed by atoms with Crippen molar-refractivity contribution in [1.29, 1.82) is 0 Å². The molecule has 1 heterocycles. The molecule has 1 aromatic carbocycles. The fraction of sp³-hybridized carbons (Fsp3) is 0.0909. The van der Waals surface area contributed by atoms with Crippen molar-refractivity contribution < 1.29 is 17.9 Å². The van der Waals surface area contributed by atoms with Crippen molar-refractivity contribution in [1.82, 2.24) is 0 Å². The van der Waals surface area contributed by atoms with Crippen LogP contribution in [0.25, 0.3) is 0 Å². The van der Waals surface area contributed by atoms with E-state index in [2.05, 4.69) is 4.72 Å². The van der Waals surface area contributed by atoms with Crippen molar-refractivity contribution in [2.75, 3.05) is 4.72 Å². The van der Waals surface area contributed by atoms with Crippen molar-refractivity contribution >= 4 is 27.0 Å². The van der Waals surface area contributed by atoms with Crippen LogP contribution in [0.4, 0.5) is 10.1 Å². The molecule has 0 atom stereocenters. The quantitative estimate of drug-likeness (QED) is 0.853. The summed E-state index contributed by atoms with van der Waals surface area (Å²) in [5.41, 5.74) is -0.0533. The topological polar surface area (TPSA) is 66.4 Å². The molecule has 0 unspecified atom stereocenters. The van der Waals surface area contributed by atoms with E-state index in [9.17, 15) is 17.9 Å². The van der Waals surface area contributed by atoms with Gasteiger partial charge in [-0.05, 0) is 31.2 Å². The SMILES string of the molecule is Cc1ccc(S(=O)(=O)Nc2ccc(F)cc2O)s1. The van der Waals surface area contributed by atoms with Crippen LogP contribution in [-0.4, -0.2) is 13.5 Å². The summed E-state index contributed by atoms with van der Waals surface area (Å²) in [7, 11) is -3.74. The molecule has 0 aliphatic rings. The van der Waals surface area contributed by atoms with E-state index in [0.717, 1.165) is 28.3 Å². The number of benzene rings is 1. The highest BCUT2D eigenvalue weighted by molar-refractivity contribution is 7.94. The monoisotopic (exact) mass is 287 g/mol. The lowest BCUT2D eigenvalue weighted by molar-refractivity contribution is 0.471. The Bertz CT molecular complexity index is 679. The van der Waals surface area contributed by atoms with E-state index in [0.29, 0.717) is 0 Å². The summed E-state index contributed by atoms with van der Waals surface area (Å²) in [4.78, 5) is 0.860. The van der Waals surface area contributed by atoms with Gasteiger partial charge in [0.25, 0.3) is 10.0 Å². The largest absolute Gasteiger partial charge is 0.506 e. The van der Waals surface area contributed by atoms with Crippen LogP contribution < -0.4 is 4.72 Å². The maximum absolute atomic E-state index is 12.8.